The monoisotopic (exact) mass is 767 g/mol. The number of rotatable bonds is 8. The van der Waals surface area contributed by atoms with Gasteiger partial charge in [0.15, 0.2) is 25.5 Å². The van der Waals surface area contributed by atoms with Crippen molar-refractivity contribution in [2.75, 3.05) is 0 Å². The summed E-state index contributed by atoms with van der Waals surface area (Å²) in [5, 5.41) is 7.88. The van der Waals surface area contributed by atoms with Gasteiger partial charge in [-0.3, -0.25) is 0 Å². The number of hydrogen-bond acceptors (Lipinski definition) is 4. The van der Waals surface area contributed by atoms with Crippen LogP contribution in [0.5, 0.6) is 0 Å². The van der Waals surface area contributed by atoms with E-state index in [9.17, 15) is 0 Å². The van der Waals surface area contributed by atoms with Crippen LogP contribution in [0.4, 0.5) is 0 Å². The lowest BCUT2D eigenvalue weighted by Crippen LogP contribution is -2.75. The van der Waals surface area contributed by atoms with Crippen molar-refractivity contribution in [1.82, 2.24) is 15.0 Å². The van der Waals surface area contributed by atoms with Gasteiger partial charge in [0, 0.05) is 32.5 Å². The number of aromatic nitrogens is 3. The summed E-state index contributed by atoms with van der Waals surface area (Å²) in [6, 6.07) is 72.1. The maximum atomic E-state index is 7.11. The molecule has 8 aromatic carbocycles. The van der Waals surface area contributed by atoms with E-state index in [-0.39, 0.29) is 0 Å². The molecule has 0 aliphatic rings. The molecule has 0 aliphatic heterocycles. The molecule has 270 valence electrons. The first-order chi connectivity index (χ1) is 28.1. The van der Waals surface area contributed by atoms with Crippen LogP contribution in [0.2, 0.25) is 5.02 Å². The molecule has 6 heteroatoms. The Balaban J connectivity index is 1.18. The number of halogens is 1. The minimum atomic E-state index is -2.88. The van der Waals surface area contributed by atoms with Gasteiger partial charge in [0.05, 0.1) is 0 Å². The van der Waals surface area contributed by atoms with Gasteiger partial charge in [0.1, 0.15) is 11.2 Å². The lowest BCUT2D eigenvalue weighted by molar-refractivity contribution is 0.669. The zero-order chi connectivity index (χ0) is 38.2. The van der Waals surface area contributed by atoms with E-state index < -0.39 is 8.07 Å². The zero-order valence-corrected chi connectivity index (χ0v) is 32.5. The molecular weight excluding hydrogens is 734 g/mol. The molecule has 0 atom stereocenters. The van der Waals surface area contributed by atoms with Gasteiger partial charge in [-0.2, -0.15) is 0 Å². The summed E-state index contributed by atoms with van der Waals surface area (Å²) in [7, 11) is -2.88. The van der Waals surface area contributed by atoms with Gasteiger partial charge in [-0.05, 0) is 68.3 Å². The second-order valence-electron chi connectivity index (χ2n) is 14.1. The molecule has 0 unspecified atom stereocenters. The first kappa shape index (κ1) is 34.6. The first-order valence-electron chi connectivity index (χ1n) is 19.0. The summed E-state index contributed by atoms with van der Waals surface area (Å²) in [6.07, 6.45) is 0. The molecule has 0 saturated heterocycles. The van der Waals surface area contributed by atoms with Crippen molar-refractivity contribution >= 4 is 62.4 Å². The normalized spacial score (nSPS) is 11.6. The van der Waals surface area contributed by atoms with Crippen molar-refractivity contribution < 1.29 is 4.42 Å². The molecule has 57 heavy (non-hydrogen) atoms. The van der Waals surface area contributed by atoms with Crippen LogP contribution in [0.15, 0.2) is 211 Å². The summed E-state index contributed by atoms with van der Waals surface area (Å²) >= 11 is 7.11. The first-order valence-corrected chi connectivity index (χ1v) is 21.3. The Hall–Kier alpha value is -6.92. The van der Waals surface area contributed by atoms with Crippen LogP contribution < -0.4 is 20.7 Å². The lowest BCUT2D eigenvalue weighted by atomic mass is 10.0. The van der Waals surface area contributed by atoms with E-state index in [0.717, 1.165) is 49.8 Å². The third kappa shape index (κ3) is 6.24. The third-order valence-corrected chi connectivity index (χ3v) is 15.8. The number of hydrogen-bond donors (Lipinski definition) is 0. The van der Waals surface area contributed by atoms with Gasteiger partial charge in [0.25, 0.3) is 0 Å². The van der Waals surface area contributed by atoms with Crippen LogP contribution in [-0.2, 0) is 0 Å². The van der Waals surface area contributed by atoms with Crippen LogP contribution in [0, 0.1) is 0 Å². The standard InChI is InChI=1S/C51H34ClN3OSi/c52-39-32-37(43-25-14-16-28-48(43)57(40-19-7-2-8-20-40,41-21-9-3-10-22-41)42-23-11-4-12-24-42)31-38(33-39)51-54-49(35-17-5-1-6-18-35)53-50(55-51)36-29-30-45-44-26-13-15-27-46(44)56-47(45)34-36/h1-34H. The number of para-hydroxylation sites is 1. The Morgan fingerprint density at radius 1 is 0.368 bits per heavy atom. The van der Waals surface area contributed by atoms with E-state index in [1.165, 1.54) is 20.7 Å². The molecular formula is C51H34ClN3OSi. The highest BCUT2D eigenvalue weighted by Crippen LogP contribution is 2.34. The van der Waals surface area contributed by atoms with Crippen molar-refractivity contribution in [2.24, 2.45) is 0 Å². The van der Waals surface area contributed by atoms with E-state index in [4.69, 9.17) is 31.0 Å². The fraction of sp³-hybridized carbons (Fsp3) is 0. The molecule has 0 aliphatic carbocycles. The van der Waals surface area contributed by atoms with Crippen LogP contribution in [-0.4, -0.2) is 23.0 Å². The van der Waals surface area contributed by atoms with E-state index in [1.807, 2.05) is 60.7 Å². The van der Waals surface area contributed by atoms with Gasteiger partial charge in [0.2, 0.25) is 0 Å². The van der Waals surface area contributed by atoms with Crippen LogP contribution in [0.25, 0.3) is 67.2 Å². The Morgan fingerprint density at radius 3 is 1.51 bits per heavy atom. The molecule has 2 heterocycles. The van der Waals surface area contributed by atoms with Gasteiger partial charge < -0.3 is 4.42 Å². The Kier molecular flexibility index (Phi) is 8.87. The largest absolute Gasteiger partial charge is 0.456 e. The predicted molar refractivity (Wildman–Crippen MR) is 237 cm³/mol. The molecule has 10 aromatic rings. The minimum Gasteiger partial charge on any atom is -0.456 e. The lowest BCUT2D eigenvalue weighted by Gasteiger charge is -2.36. The van der Waals surface area contributed by atoms with Crippen molar-refractivity contribution in [3.63, 3.8) is 0 Å². The number of furan rings is 1. The highest BCUT2D eigenvalue weighted by atomic mass is 35.5. The number of fused-ring (bicyclic) bond motifs is 3. The molecule has 0 bridgehead atoms. The highest BCUT2D eigenvalue weighted by molar-refractivity contribution is 7.20. The fourth-order valence-corrected chi connectivity index (χ4v) is 13.4. The molecule has 2 aromatic heterocycles. The summed E-state index contributed by atoms with van der Waals surface area (Å²) < 4.78 is 6.27. The summed E-state index contributed by atoms with van der Waals surface area (Å²) in [5.74, 6) is 1.65. The quantitative estimate of drug-likeness (QED) is 0.114. The zero-order valence-electron chi connectivity index (χ0n) is 30.8. The van der Waals surface area contributed by atoms with Gasteiger partial charge in [-0.1, -0.05) is 181 Å². The van der Waals surface area contributed by atoms with E-state index in [2.05, 4.69) is 146 Å². The third-order valence-electron chi connectivity index (χ3n) is 10.7. The van der Waals surface area contributed by atoms with Crippen molar-refractivity contribution in [3.8, 4) is 45.3 Å². The molecule has 0 saturated carbocycles. The van der Waals surface area contributed by atoms with Crippen molar-refractivity contribution in [2.45, 2.75) is 0 Å². The van der Waals surface area contributed by atoms with Crippen molar-refractivity contribution in [3.05, 3.63) is 211 Å². The van der Waals surface area contributed by atoms with Crippen molar-refractivity contribution in [1.29, 1.82) is 0 Å². The minimum absolute atomic E-state index is 0.530. The Labute approximate surface area is 336 Å². The van der Waals surface area contributed by atoms with E-state index >= 15 is 0 Å². The molecule has 0 radical (unpaired) electrons. The summed E-state index contributed by atoms with van der Waals surface area (Å²) in [6.45, 7) is 0. The number of benzene rings is 8. The fourth-order valence-electron chi connectivity index (χ4n) is 8.18. The molecule has 0 spiro atoms. The molecule has 10 rings (SSSR count). The van der Waals surface area contributed by atoms with Crippen LogP contribution in [0.3, 0.4) is 0 Å². The maximum Gasteiger partial charge on any atom is 0.180 e. The molecule has 0 N–H and O–H groups in total. The Bertz CT molecular complexity index is 2930. The topological polar surface area (TPSA) is 51.8 Å². The second kappa shape index (κ2) is 14.6. The van der Waals surface area contributed by atoms with Gasteiger partial charge in [-0.25, -0.2) is 15.0 Å². The van der Waals surface area contributed by atoms with Crippen LogP contribution in [0.1, 0.15) is 0 Å². The molecule has 4 nitrogen and oxygen atoms in total. The smallest absolute Gasteiger partial charge is 0.180 e. The second-order valence-corrected chi connectivity index (χ2v) is 18.3. The summed E-state index contributed by atoms with van der Waals surface area (Å²) in [5.41, 5.74) is 6.24. The Morgan fingerprint density at radius 2 is 0.860 bits per heavy atom. The predicted octanol–water partition coefficient (Wildman–Crippen LogP) is 10.5. The summed E-state index contributed by atoms with van der Waals surface area (Å²) in [4.78, 5) is 15.2. The molecule has 0 fully saturated rings. The van der Waals surface area contributed by atoms with Crippen LogP contribution >= 0.6 is 11.6 Å². The van der Waals surface area contributed by atoms with E-state index in [0.29, 0.717) is 22.5 Å². The SMILES string of the molecule is Clc1cc(-c2nc(-c3ccccc3)nc(-c3ccc4c(c3)oc3ccccc34)n2)cc(-c2ccccc2[Si](c2ccccc2)(c2ccccc2)c2ccccc2)c1. The van der Waals surface area contributed by atoms with Gasteiger partial charge >= 0.3 is 0 Å². The average molecular weight is 768 g/mol. The maximum absolute atomic E-state index is 7.11. The van der Waals surface area contributed by atoms with E-state index in [1.54, 1.807) is 0 Å². The average Bonchev–Trinajstić information content (AvgIpc) is 3.66. The highest BCUT2D eigenvalue weighted by Gasteiger charge is 2.42. The number of nitrogens with zero attached hydrogens (tertiary/aromatic N) is 3. The molecule has 0 amide bonds. The van der Waals surface area contributed by atoms with Gasteiger partial charge in [-0.15, -0.1) is 0 Å².